The van der Waals surface area contributed by atoms with E-state index in [2.05, 4.69) is 22.2 Å². The van der Waals surface area contributed by atoms with Gasteiger partial charge in [-0.15, -0.1) is 0 Å². The minimum absolute atomic E-state index is 0.308. The van der Waals surface area contributed by atoms with Gasteiger partial charge in [-0.1, -0.05) is 6.92 Å². The Labute approximate surface area is 106 Å². The van der Waals surface area contributed by atoms with Crippen LogP contribution in [0.5, 0.6) is 0 Å². The van der Waals surface area contributed by atoms with Crippen LogP contribution >= 0.6 is 0 Å². The van der Waals surface area contributed by atoms with Gasteiger partial charge < -0.3 is 9.88 Å². The van der Waals surface area contributed by atoms with Crippen molar-refractivity contribution in [3.05, 3.63) is 48.1 Å². The van der Waals surface area contributed by atoms with Gasteiger partial charge in [0, 0.05) is 18.9 Å². The number of rotatable bonds is 6. The molecule has 2 aromatic rings. The number of nitrogens with one attached hydrogen (secondary N) is 1. The van der Waals surface area contributed by atoms with Crippen LogP contribution in [0.4, 0.5) is 4.39 Å². The molecule has 0 aliphatic heterocycles. The first kappa shape index (κ1) is 12.7. The number of hydrogen-bond donors (Lipinski definition) is 1. The molecule has 0 aromatic carbocycles. The molecule has 0 aliphatic carbocycles. The molecule has 4 nitrogen and oxygen atoms in total. The fraction of sp³-hybridized carbons (Fsp3) is 0.385. The maximum Gasteiger partial charge on any atom is 0.141 e. The summed E-state index contributed by atoms with van der Waals surface area (Å²) in [5, 5.41) is 3.29. The van der Waals surface area contributed by atoms with E-state index in [9.17, 15) is 4.39 Å². The minimum Gasteiger partial charge on any atom is -0.333 e. The number of pyridine rings is 1. The maximum absolute atomic E-state index is 13.0. The summed E-state index contributed by atoms with van der Waals surface area (Å²) in [7, 11) is 0. The lowest BCUT2D eigenvalue weighted by Crippen LogP contribution is -2.13. The molecule has 0 fully saturated rings. The molecule has 0 saturated heterocycles. The lowest BCUT2D eigenvalue weighted by Gasteiger charge is -2.02. The molecule has 0 saturated carbocycles. The van der Waals surface area contributed by atoms with Gasteiger partial charge in [-0.25, -0.2) is 9.37 Å². The summed E-state index contributed by atoms with van der Waals surface area (Å²) in [6.45, 7) is 4.47. The third-order valence-electron chi connectivity index (χ3n) is 2.55. The van der Waals surface area contributed by atoms with Gasteiger partial charge >= 0.3 is 0 Å². The number of nitrogens with zero attached hydrogens (tertiary/aromatic N) is 3. The summed E-state index contributed by atoms with van der Waals surface area (Å²) in [5.74, 6) is -0.308. The molecular formula is C13H17FN4. The molecule has 2 aromatic heterocycles. The molecule has 96 valence electrons. The van der Waals surface area contributed by atoms with Gasteiger partial charge in [0.2, 0.25) is 0 Å². The van der Waals surface area contributed by atoms with E-state index in [0.717, 1.165) is 30.8 Å². The normalized spacial score (nSPS) is 10.8. The van der Waals surface area contributed by atoms with Gasteiger partial charge in [-0.2, -0.15) is 0 Å². The Morgan fingerprint density at radius 2 is 2.28 bits per heavy atom. The van der Waals surface area contributed by atoms with Crippen LogP contribution in [0, 0.1) is 5.82 Å². The molecule has 5 heteroatoms. The van der Waals surface area contributed by atoms with Gasteiger partial charge in [-0.05, 0) is 24.6 Å². The Hall–Kier alpha value is -1.75. The molecule has 0 amide bonds. The van der Waals surface area contributed by atoms with Crippen molar-refractivity contribution in [1.82, 2.24) is 19.9 Å². The zero-order chi connectivity index (χ0) is 12.8. The second-order valence-electron chi connectivity index (χ2n) is 4.23. The molecule has 18 heavy (non-hydrogen) atoms. The Morgan fingerprint density at radius 1 is 1.39 bits per heavy atom. The SMILES string of the molecule is CCCNCc1cn(Cc2cncc(F)c2)cn1. The predicted octanol–water partition coefficient (Wildman–Crippen LogP) is 1.97. The molecule has 2 heterocycles. The maximum atomic E-state index is 13.0. The average Bonchev–Trinajstić information content (AvgIpc) is 2.77. The van der Waals surface area contributed by atoms with Crippen molar-refractivity contribution in [3.8, 4) is 0 Å². The fourth-order valence-electron chi connectivity index (χ4n) is 1.73. The van der Waals surface area contributed by atoms with Gasteiger partial charge in [0.25, 0.3) is 0 Å². The van der Waals surface area contributed by atoms with Crippen molar-refractivity contribution in [3.63, 3.8) is 0 Å². The van der Waals surface area contributed by atoms with E-state index >= 15 is 0 Å². The van der Waals surface area contributed by atoms with E-state index in [-0.39, 0.29) is 5.82 Å². The first-order valence-corrected chi connectivity index (χ1v) is 6.08. The molecule has 0 unspecified atom stereocenters. The quantitative estimate of drug-likeness (QED) is 0.795. The van der Waals surface area contributed by atoms with E-state index in [0.29, 0.717) is 6.54 Å². The third-order valence-corrected chi connectivity index (χ3v) is 2.55. The van der Waals surface area contributed by atoms with Crippen LogP contribution in [0.1, 0.15) is 24.6 Å². The Bertz CT molecular complexity index is 495. The molecule has 2 rings (SSSR count). The van der Waals surface area contributed by atoms with E-state index < -0.39 is 0 Å². The summed E-state index contributed by atoms with van der Waals surface area (Å²) in [6.07, 6.45) is 7.70. The van der Waals surface area contributed by atoms with Crippen LogP contribution < -0.4 is 5.32 Å². The van der Waals surface area contributed by atoms with Crippen molar-refractivity contribution in [1.29, 1.82) is 0 Å². The smallest absolute Gasteiger partial charge is 0.141 e. The second-order valence-corrected chi connectivity index (χ2v) is 4.23. The van der Waals surface area contributed by atoms with Crippen LogP contribution in [0.25, 0.3) is 0 Å². The monoisotopic (exact) mass is 248 g/mol. The Morgan fingerprint density at radius 3 is 3.06 bits per heavy atom. The standard InChI is InChI=1S/C13H17FN4/c1-2-3-15-7-13-9-18(10-17-13)8-11-4-12(14)6-16-5-11/h4-6,9-10,15H,2-3,7-8H2,1H3. The molecule has 0 atom stereocenters. The molecule has 0 bridgehead atoms. The lowest BCUT2D eigenvalue weighted by atomic mass is 10.3. The zero-order valence-corrected chi connectivity index (χ0v) is 10.4. The van der Waals surface area contributed by atoms with Crippen molar-refractivity contribution in [2.45, 2.75) is 26.4 Å². The highest BCUT2D eigenvalue weighted by Gasteiger charge is 2.01. The highest BCUT2D eigenvalue weighted by atomic mass is 19.1. The minimum atomic E-state index is -0.308. The number of imidazole rings is 1. The second kappa shape index (κ2) is 6.26. The van der Waals surface area contributed by atoms with E-state index in [1.54, 1.807) is 12.5 Å². The topological polar surface area (TPSA) is 42.7 Å². The van der Waals surface area contributed by atoms with Crippen molar-refractivity contribution in [2.75, 3.05) is 6.54 Å². The lowest BCUT2D eigenvalue weighted by molar-refractivity contribution is 0.616. The van der Waals surface area contributed by atoms with Gasteiger partial charge in [0.15, 0.2) is 0 Å². The molecule has 0 spiro atoms. The molecular weight excluding hydrogens is 231 g/mol. The molecule has 1 N–H and O–H groups in total. The zero-order valence-electron chi connectivity index (χ0n) is 10.4. The van der Waals surface area contributed by atoms with E-state index in [1.807, 2.05) is 10.8 Å². The van der Waals surface area contributed by atoms with Gasteiger partial charge in [0.05, 0.1) is 24.8 Å². The summed E-state index contributed by atoms with van der Waals surface area (Å²) in [5.41, 5.74) is 1.83. The van der Waals surface area contributed by atoms with Crippen molar-refractivity contribution in [2.24, 2.45) is 0 Å². The highest BCUT2D eigenvalue weighted by Crippen LogP contribution is 2.05. The molecule has 0 aliphatic rings. The van der Waals surface area contributed by atoms with Gasteiger partial charge in [0.1, 0.15) is 5.82 Å². The predicted molar refractivity (Wildman–Crippen MR) is 67.5 cm³/mol. The van der Waals surface area contributed by atoms with E-state index in [4.69, 9.17) is 0 Å². The summed E-state index contributed by atoms with van der Waals surface area (Å²) < 4.78 is 14.9. The first-order chi connectivity index (χ1) is 8.78. The highest BCUT2D eigenvalue weighted by molar-refractivity contribution is 5.11. The largest absolute Gasteiger partial charge is 0.333 e. The van der Waals surface area contributed by atoms with E-state index in [1.165, 1.54) is 12.3 Å². The Kier molecular flexibility index (Phi) is 4.41. The third kappa shape index (κ3) is 3.63. The summed E-state index contributed by atoms with van der Waals surface area (Å²) >= 11 is 0. The number of halogens is 1. The number of aromatic nitrogens is 3. The summed E-state index contributed by atoms with van der Waals surface area (Å²) in [4.78, 5) is 8.12. The van der Waals surface area contributed by atoms with Crippen molar-refractivity contribution >= 4 is 0 Å². The molecule has 0 radical (unpaired) electrons. The van der Waals surface area contributed by atoms with Crippen LogP contribution in [-0.4, -0.2) is 21.1 Å². The van der Waals surface area contributed by atoms with Crippen LogP contribution in [0.15, 0.2) is 31.0 Å². The Balaban J connectivity index is 1.94. The van der Waals surface area contributed by atoms with Crippen LogP contribution in [0.3, 0.4) is 0 Å². The van der Waals surface area contributed by atoms with Crippen molar-refractivity contribution < 1.29 is 4.39 Å². The van der Waals surface area contributed by atoms with Crippen LogP contribution in [-0.2, 0) is 13.1 Å². The average molecular weight is 248 g/mol. The van der Waals surface area contributed by atoms with Gasteiger partial charge in [-0.3, -0.25) is 4.98 Å². The first-order valence-electron chi connectivity index (χ1n) is 6.08. The number of hydrogen-bond acceptors (Lipinski definition) is 3. The summed E-state index contributed by atoms with van der Waals surface area (Å²) in [6, 6.07) is 1.49. The van der Waals surface area contributed by atoms with Crippen LogP contribution in [0.2, 0.25) is 0 Å². The fourth-order valence-corrected chi connectivity index (χ4v) is 1.73.